The van der Waals surface area contributed by atoms with Crippen molar-refractivity contribution < 1.29 is 5.11 Å². The normalized spacial score (nSPS) is 13.8. The van der Waals surface area contributed by atoms with Crippen molar-refractivity contribution >= 4 is 11.0 Å². The summed E-state index contributed by atoms with van der Waals surface area (Å²) in [6.07, 6.45) is 1.63. The van der Waals surface area contributed by atoms with Gasteiger partial charge in [0.1, 0.15) is 0 Å². The third-order valence-corrected chi connectivity index (χ3v) is 3.00. The fourth-order valence-corrected chi connectivity index (χ4v) is 1.76. The number of aromatic nitrogens is 2. The summed E-state index contributed by atoms with van der Waals surface area (Å²) in [6, 6.07) is 5.60. The molecule has 0 aliphatic carbocycles. The van der Waals surface area contributed by atoms with Crippen molar-refractivity contribution in [2.75, 3.05) is 6.61 Å². The Morgan fingerprint density at radius 3 is 2.61 bits per heavy atom. The molecule has 96 valence electrons. The second-order valence-electron chi connectivity index (χ2n) is 5.54. The zero-order valence-electron chi connectivity index (χ0n) is 11.0. The minimum Gasteiger partial charge on any atom is -0.394 e. The maximum atomic E-state index is 9.02. The molecular formula is C14H19N3O. The highest BCUT2D eigenvalue weighted by molar-refractivity contribution is 5.75. The van der Waals surface area contributed by atoms with Crippen molar-refractivity contribution in [3.63, 3.8) is 0 Å². The van der Waals surface area contributed by atoms with Gasteiger partial charge in [0.2, 0.25) is 0 Å². The SMILES string of the molecule is CC(C)(C)c1ccc2nc([C@@H](N)CO)cnc2c1. The van der Waals surface area contributed by atoms with Crippen molar-refractivity contribution in [3.05, 3.63) is 35.7 Å². The Hall–Kier alpha value is -1.52. The number of hydrogen-bond donors (Lipinski definition) is 2. The first kappa shape index (κ1) is 12.9. The lowest BCUT2D eigenvalue weighted by atomic mass is 9.87. The number of aliphatic hydroxyl groups excluding tert-OH is 1. The molecule has 0 saturated carbocycles. The van der Waals surface area contributed by atoms with Crippen LogP contribution in [0, 0.1) is 0 Å². The minimum atomic E-state index is -0.468. The van der Waals surface area contributed by atoms with E-state index >= 15 is 0 Å². The smallest absolute Gasteiger partial charge is 0.0891 e. The van der Waals surface area contributed by atoms with Crippen LogP contribution in [0.4, 0.5) is 0 Å². The van der Waals surface area contributed by atoms with Gasteiger partial charge in [-0.3, -0.25) is 4.98 Å². The highest BCUT2D eigenvalue weighted by Gasteiger charge is 2.15. The zero-order valence-corrected chi connectivity index (χ0v) is 11.0. The molecule has 4 heteroatoms. The lowest BCUT2D eigenvalue weighted by Crippen LogP contribution is -2.16. The van der Waals surface area contributed by atoms with E-state index in [-0.39, 0.29) is 12.0 Å². The molecule has 1 aromatic carbocycles. The quantitative estimate of drug-likeness (QED) is 0.848. The molecule has 1 atom stereocenters. The van der Waals surface area contributed by atoms with E-state index in [1.54, 1.807) is 6.20 Å². The molecule has 1 aromatic heterocycles. The largest absolute Gasteiger partial charge is 0.394 e. The monoisotopic (exact) mass is 245 g/mol. The van der Waals surface area contributed by atoms with Crippen LogP contribution in [0.3, 0.4) is 0 Å². The predicted molar refractivity (Wildman–Crippen MR) is 72.3 cm³/mol. The van der Waals surface area contributed by atoms with Crippen LogP contribution in [0.1, 0.15) is 38.1 Å². The first-order chi connectivity index (χ1) is 8.41. The molecule has 2 aromatic rings. The van der Waals surface area contributed by atoms with E-state index in [0.29, 0.717) is 5.69 Å². The first-order valence-electron chi connectivity index (χ1n) is 6.05. The van der Waals surface area contributed by atoms with Crippen LogP contribution >= 0.6 is 0 Å². The number of nitrogens with zero attached hydrogens (tertiary/aromatic N) is 2. The molecule has 0 aliphatic rings. The van der Waals surface area contributed by atoms with Crippen LogP contribution in [-0.2, 0) is 5.41 Å². The number of hydrogen-bond acceptors (Lipinski definition) is 4. The van der Waals surface area contributed by atoms with Crippen molar-refractivity contribution in [1.82, 2.24) is 9.97 Å². The van der Waals surface area contributed by atoms with Crippen LogP contribution in [0.15, 0.2) is 24.4 Å². The highest BCUT2D eigenvalue weighted by Crippen LogP contribution is 2.24. The first-order valence-corrected chi connectivity index (χ1v) is 6.05. The number of nitrogens with two attached hydrogens (primary N) is 1. The topological polar surface area (TPSA) is 72.0 Å². The van der Waals surface area contributed by atoms with E-state index in [0.717, 1.165) is 11.0 Å². The van der Waals surface area contributed by atoms with Crippen molar-refractivity contribution in [3.8, 4) is 0 Å². The fourth-order valence-electron chi connectivity index (χ4n) is 1.76. The van der Waals surface area contributed by atoms with Crippen molar-refractivity contribution in [2.24, 2.45) is 5.73 Å². The molecule has 0 saturated heterocycles. The van der Waals surface area contributed by atoms with Gasteiger partial charge >= 0.3 is 0 Å². The van der Waals surface area contributed by atoms with Crippen LogP contribution in [0.5, 0.6) is 0 Å². The molecule has 4 nitrogen and oxygen atoms in total. The third kappa shape index (κ3) is 2.49. The molecule has 3 N–H and O–H groups in total. The number of fused-ring (bicyclic) bond motifs is 1. The second-order valence-corrected chi connectivity index (χ2v) is 5.54. The highest BCUT2D eigenvalue weighted by atomic mass is 16.3. The Balaban J connectivity index is 2.49. The molecule has 0 bridgehead atoms. The van der Waals surface area contributed by atoms with Gasteiger partial charge in [-0.2, -0.15) is 0 Å². The minimum absolute atomic E-state index is 0.0933. The third-order valence-electron chi connectivity index (χ3n) is 3.00. The Morgan fingerprint density at radius 1 is 1.28 bits per heavy atom. The van der Waals surface area contributed by atoms with Crippen molar-refractivity contribution in [1.29, 1.82) is 0 Å². The van der Waals surface area contributed by atoms with Crippen LogP contribution < -0.4 is 5.73 Å². The van der Waals surface area contributed by atoms with Crippen LogP contribution in [-0.4, -0.2) is 21.7 Å². The van der Waals surface area contributed by atoms with Gasteiger partial charge in [0.05, 0.1) is 35.6 Å². The lowest BCUT2D eigenvalue weighted by Gasteiger charge is -2.19. The molecule has 0 fully saturated rings. The molecular weight excluding hydrogens is 226 g/mol. The van der Waals surface area contributed by atoms with Crippen LogP contribution in [0.2, 0.25) is 0 Å². The predicted octanol–water partition coefficient (Wildman–Crippen LogP) is 1.92. The molecule has 0 amide bonds. The van der Waals surface area contributed by atoms with E-state index in [9.17, 15) is 0 Å². The Labute approximate surface area is 107 Å². The van der Waals surface area contributed by atoms with Gasteiger partial charge in [0.25, 0.3) is 0 Å². The van der Waals surface area contributed by atoms with E-state index < -0.39 is 6.04 Å². The molecule has 1 heterocycles. The summed E-state index contributed by atoms with van der Waals surface area (Å²) in [4.78, 5) is 8.79. The van der Waals surface area contributed by atoms with Gasteiger partial charge < -0.3 is 10.8 Å². The van der Waals surface area contributed by atoms with Gasteiger partial charge in [-0.1, -0.05) is 26.8 Å². The molecule has 2 rings (SSSR count). The molecule has 0 spiro atoms. The summed E-state index contributed by atoms with van der Waals surface area (Å²) in [5, 5.41) is 9.02. The Kier molecular flexibility index (Phi) is 3.32. The van der Waals surface area contributed by atoms with Gasteiger partial charge in [0, 0.05) is 0 Å². The fraction of sp³-hybridized carbons (Fsp3) is 0.429. The summed E-state index contributed by atoms with van der Waals surface area (Å²) in [6.45, 7) is 6.37. The number of aliphatic hydroxyl groups is 1. The van der Waals surface area contributed by atoms with E-state index in [2.05, 4.69) is 42.9 Å². The molecule has 0 unspecified atom stereocenters. The molecule has 0 radical (unpaired) electrons. The maximum Gasteiger partial charge on any atom is 0.0891 e. The average Bonchev–Trinajstić information content (AvgIpc) is 2.35. The average molecular weight is 245 g/mol. The standard InChI is InChI=1S/C14H19N3O/c1-14(2,3)9-4-5-11-12(6-9)16-7-13(17-11)10(15)8-18/h4-7,10,18H,8,15H2,1-3H3/t10-/m0/s1. The summed E-state index contributed by atoms with van der Waals surface area (Å²) in [5.74, 6) is 0. The van der Waals surface area contributed by atoms with Gasteiger partial charge in [-0.25, -0.2) is 4.98 Å². The molecule has 18 heavy (non-hydrogen) atoms. The van der Waals surface area contributed by atoms with Crippen LogP contribution in [0.25, 0.3) is 11.0 Å². The number of rotatable bonds is 2. The maximum absolute atomic E-state index is 9.02. The summed E-state index contributed by atoms with van der Waals surface area (Å²) < 4.78 is 0. The summed E-state index contributed by atoms with van der Waals surface area (Å²) in [7, 11) is 0. The van der Waals surface area contributed by atoms with Gasteiger partial charge in [-0.05, 0) is 23.1 Å². The summed E-state index contributed by atoms with van der Waals surface area (Å²) in [5.41, 5.74) is 9.34. The van der Waals surface area contributed by atoms with Crippen molar-refractivity contribution in [2.45, 2.75) is 32.2 Å². The zero-order chi connectivity index (χ0) is 13.3. The second kappa shape index (κ2) is 4.63. The summed E-state index contributed by atoms with van der Waals surface area (Å²) >= 11 is 0. The lowest BCUT2D eigenvalue weighted by molar-refractivity contribution is 0.266. The molecule has 0 aliphatic heterocycles. The van der Waals surface area contributed by atoms with E-state index in [1.165, 1.54) is 5.56 Å². The Bertz CT molecular complexity index is 560. The van der Waals surface area contributed by atoms with Gasteiger partial charge in [-0.15, -0.1) is 0 Å². The van der Waals surface area contributed by atoms with E-state index in [4.69, 9.17) is 10.8 Å². The Morgan fingerprint density at radius 2 is 2.00 bits per heavy atom. The number of benzene rings is 1. The van der Waals surface area contributed by atoms with Gasteiger partial charge in [0.15, 0.2) is 0 Å². The van der Waals surface area contributed by atoms with E-state index in [1.807, 2.05) is 6.07 Å².